The first kappa shape index (κ1) is 12.0. The normalized spacial score (nSPS) is 23.6. The number of rotatable bonds is 3. The molecule has 1 amide bonds. The maximum atomic E-state index is 11.9. The number of methoxy groups -OCH3 is 1. The molecular weight excluding hydrogens is 218 g/mol. The summed E-state index contributed by atoms with van der Waals surface area (Å²) in [5.41, 5.74) is 1.66. The van der Waals surface area contributed by atoms with Gasteiger partial charge in [0.1, 0.15) is 0 Å². The first-order chi connectivity index (χ1) is 8.19. The summed E-state index contributed by atoms with van der Waals surface area (Å²) in [5, 5.41) is 5.97. The third kappa shape index (κ3) is 3.01. The average molecular weight is 235 g/mol. The molecule has 1 aliphatic heterocycles. The van der Waals surface area contributed by atoms with Crippen molar-refractivity contribution in [1.29, 1.82) is 0 Å². The molecule has 2 rings (SSSR count). The van der Waals surface area contributed by atoms with Gasteiger partial charge in [0.2, 0.25) is 5.91 Å². The average Bonchev–Trinajstić information content (AvgIpc) is 2.81. The number of amides is 1. The highest BCUT2D eigenvalue weighted by Gasteiger charge is 2.29. The molecule has 5 heteroatoms. The van der Waals surface area contributed by atoms with Gasteiger partial charge in [-0.3, -0.25) is 9.78 Å². The van der Waals surface area contributed by atoms with Crippen molar-refractivity contribution < 1.29 is 9.53 Å². The fraction of sp³-hybridized carbons (Fsp3) is 0.500. The Kier molecular flexibility index (Phi) is 3.71. The van der Waals surface area contributed by atoms with Crippen LogP contribution < -0.4 is 10.6 Å². The molecule has 1 aliphatic rings. The maximum absolute atomic E-state index is 11.9. The number of anilines is 1. The third-order valence-corrected chi connectivity index (χ3v) is 2.92. The fourth-order valence-corrected chi connectivity index (χ4v) is 1.85. The van der Waals surface area contributed by atoms with Gasteiger partial charge in [-0.2, -0.15) is 0 Å². The molecule has 17 heavy (non-hydrogen) atoms. The monoisotopic (exact) mass is 235 g/mol. The summed E-state index contributed by atoms with van der Waals surface area (Å²) in [4.78, 5) is 16.0. The molecule has 0 radical (unpaired) electrons. The lowest BCUT2D eigenvalue weighted by atomic mass is 10.2. The van der Waals surface area contributed by atoms with Crippen molar-refractivity contribution in [3.8, 4) is 0 Å². The zero-order chi connectivity index (χ0) is 12.3. The Balaban J connectivity index is 1.91. The Morgan fingerprint density at radius 1 is 1.59 bits per heavy atom. The van der Waals surface area contributed by atoms with Crippen LogP contribution in [-0.2, 0) is 9.53 Å². The van der Waals surface area contributed by atoms with Gasteiger partial charge >= 0.3 is 0 Å². The van der Waals surface area contributed by atoms with Crippen molar-refractivity contribution in [2.75, 3.05) is 19.0 Å². The number of ether oxygens (including phenoxy) is 1. The van der Waals surface area contributed by atoms with Crippen molar-refractivity contribution in [3.63, 3.8) is 0 Å². The highest BCUT2D eigenvalue weighted by molar-refractivity contribution is 5.94. The highest BCUT2D eigenvalue weighted by Crippen LogP contribution is 2.12. The summed E-state index contributed by atoms with van der Waals surface area (Å²) in [6.07, 6.45) is 2.50. The molecule has 2 atom stereocenters. The van der Waals surface area contributed by atoms with Crippen molar-refractivity contribution in [1.82, 2.24) is 10.3 Å². The maximum Gasteiger partial charge on any atom is 0.241 e. The standard InChI is InChI=1S/C12H17N3O2/c1-8-3-4-9(6-13-8)15-12(16)11-5-10(17-2)7-14-11/h3-4,6,10-11,14H,5,7H2,1-2H3,(H,15,16). The lowest BCUT2D eigenvalue weighted by Gasteiger charge is -2.11. The van der Waals surface area contributed by atoms with Crippen molar-refractivity contribution in [2.24, 2.45) is 0 Å². The van der Waals surface area contributed by atoms with E-state index in [9.17, 15) is 4.79 Å². The quantitative estimate of drug-likeness (QED) is 0.809. The molecule has 0 bridgehead atoms. The first-order valence-electron chi connectivity index (χ1n) is 5.68. The Hall–Kier alpha value is -1.46. The van der Waals surface area contributed by atoms with Crippen molar-refractivity contribution >= 4 is 11.6 Å². The molecule has 1 saturated heterocycles. The van der Waals surface area contributed by atoms with E-state index in [1.165, 1.54) is 0 Å². The number of nitrogens with one attached hydrogen (secondary N) is 2. The largest absolute Gasteiger partial charge is 0.380 e. The number of hydrogen-bond donors (Lipinski definition) is 2. The summed E-state index contributed by atoms with van der Waals surface area (Å²) >= 11 is 0. The van der Waals surface area contributed by atoms with Gasteiger partial charge in [-0.1, -0.05) is 0 Å². The number of aromatic nitrogens is 1. The van der Waals surface area contributed by atoms with E-state index in [1.807, 2.05) is 19.1 Å². The number of carbonyl (C=O) groups excluding carboxylic acids is 1. The Morgan fingerprint density at radius 3 is 3.00 bits per heavy atom. The molecule has 0 aromatic carbocycles. The number of hydrogen-bond acceptors (Lipinski definition) is 4. The van der Waals surface area contributed by atoms with E-state index in [2.05, 4.69) is 15.6 Å². The van der Waals surface area contributed by atoms with Gasteiger partial charge in [0, 0.05) is 19.3 Å². The van der Waals surface area contributed by atoms with E-state index in [1.54, 1.807) is 13.3 Å². The Morgan fingerprint density at radius 2 is 2.41 bits per heavy atom. The molecule has 1 aromatic rings. The molecule has 2 unspecified atom stereocenters. The Labute approximate surface area is 101 Å². The van der Waals surface area contributed by atoms with Gasteiger partial charge < -0.3 is 15.4 Å². The van der Waals surface area contributed by atoms with Crippen LogP contribution in [0, 0.1) is 6.92 Å². The second-order valence-corrected chi connectivity index (χ2v) is 4.23. The van der Waals surface area contributed by atoms with Crippen LogP contribution in [0.1, 0.15) is 12.1 Å². The summed E-state index contributed by atoms with van der Waals surface area (Å²) in [5.74, 6) is -0.0322. The zero-order valence-electron chi connectivity index (χ0n) is 10.1. The minimum Gasteiger partial charge on any atom is -0.380 e. The van der Waals surface area contributed by atoms with Crippen molar-refractivity contribution in [3.05, 3.63) is 24.0 Å². The molecule has 0 spiro atoms. The van der Waals surface area contributed by atoms with E-state index < -0.39 is 0 Å². The molecule has 0 saturated carbocycles. The van der Waals surface area contributed by atoms with E-state index in [-0.39, 0.29) is 18.1 Å². The fourth-order valence-electron chi connectivity index (χ4n) is 1.85. The zero-order valence-corrected chi connectivity index (χ0v) is 10.1. The predicted molar refractivity (Wildman–Crippen MR) is 64.8 cm³/mol. The van der Waals surface area contributed by atoms with Gasteiger partial charge in [0.25, 0.3) is 0 Å². The summed E-state index contributed by atoms with van der Waals surface area (Å²) < 4.78 is 5.20. The summed E-state index contributed by atoms with van der Waals surface area (Å²) in [6.45, 7) is 2.63. The van der Waals surface area contributed by atoms with Gasteiger partial charge in [0.15, 0.2) is 0 Å². The summed E-state index contributed by atoms with van der Waals surface area (Å²) in [7, 11) is 1.66. The Bertz CT molecular complexity index is 391. The molecule has 92 valence electrons. The van der Waals surface area contributed by atoms with Crippen LogP contribution in [0.5, 0.6) is 0 Å². The number of aryl methyl sites for hydroxylation is 1. The molecule has 5 nitrogen and oxygen atoms in total. The number of carbonyl (C=O) groups is 1. The summed E-state index contributed by atoms with van der Waals surface area (Å²) in [6, 6.07) is 3.54. The van der Waals surface area contributed by atoms with Crippen LogP contribution in [0.3, 0.4) is 0 Å². The van der Waals surface area contributed by atoms with Crippen LogP contribution in [0.2, 0.25) is 0 Å². The first-order valence-corrected chi connectivity index (χ1v) is 5.68. The van der Waals surface area contributed by atoms with Crippen LogP contribution in [-0.4, -0.2) is 36.7 Å². The number of nitrogens with zero attached hydrogens (tertiary/aromatic N) is 1. The molecule has 1 fully saturated rings. The van der Waals surface area contributed by atoms with E-state index in [0.29, 0.717) is 6.42 Å². The SMILES string of the molecule is COC1CNC(C(=O)Nc2ccc(C)nc2)C1. The molecule has 2 heterocycles. The van der Waals surface area contributed by atoms with Gasteiger partial charge in [-0.15, -0.1) is 0 Å². The number of pyridine rings is 1. The van der Waals surface area contributed by atoms with Gasteiger partial charge in [-0.05, 0) is 25.5 Å². The van der Waals surface area contributed by atoms with Crippen LogP contribution in [0.4, 0.5) is 5.69 Å². The topological polar surface area (TPSA) is 63.2 Å². The van der Waals surface area contributed by atoms with E-state index in [0.717, 1.165) is 17.9 Å². The molecule has 2 N–H and O–H groups in total. The van der Waals surface area contributed by atoms with Crippen LogP contribution in [0.15, 0.2) is 18.3 Å². The third-order valence-electron chi connectivity index (χ3n) is 2.92. The van der Waals surface area contributed by atoms with E-state index >= 15 is 0 Å². The van der Waals surface area contributed by atoms with Crippen molar-refractivity contribution in [2.45, 2.75) is 25.5 Å². The second-order valence-electron chi connectivity index (χ2n) is 4.23. The smallest absolute Gasteiger partial charge is 0.241 e. The van der Waals surface area contributed by atoms with Gasteiger partial charge in [0.05, 0.1) is 24.0 Å². The predicted octanol–water partition coefficient (Wildman–Crippen LogP) is 0.705. The lowest BCUT2D eigenvalue weighted by Crippen LogP contribution is -2.35. The van der Waals surface area contributed by atoms with Crippen LogP contribution >= 0.6 is 0 Å². The minimum absolute atomic E-state index is 0.0322. The van der Waals surface area contributed by atoms with Gasteiger partial charge in [-0.25, -0.2) is 0 Å². The highest BCUT2D eigenvalue weighted by atomic mass is 16.5. The second kappa shape index (κ2) is 5.25. The minimum atomic E-state index is -0.179. The van der Waals surface area contributed by atoms with Crippen LogP contribution in [0.25, 0.3) is 0 Å². The molecular formula is C12H17N3O2. The molecule has 0 aliphatic carbocycles. The van der Waals surface area contributed by atoms with E-state index in [4.69, 9.17) is 4.74 Å². The lowest BCUT2D eigenvalue weighted by molar-refractivity contribution is -0.118. The molecule has 1 aromatic heterocycles.